The topological polar surface area (TPSA) is 79.5 Å². The molecule has 0 unspecified atom stereocenters. The standard InChI is InChI=1S/C24H17F2NO4/c1-12-9-18(29)14(11-28)10-17(12)16-7-8-19-20(22(16)26)21(24(30)27-2)23(31-19)13-3-5-15(25)6-4-13/h3-11,29H,1-2H3,(H,27,30). The highest BCUT2D eigenvalue weighted by Gasteiger charge is 2.26. The van der Waals surface area contributed by atoms with Gasteiger partial charge in [-0.05, 0) is 66.6 Å². The number of benzene rings is 3. The number of phenolic OH excluding ortho intramolecular Hbond substituents is 1. The van der Waals surface area contributed by atoms with Crippen LogP contribution >= 0.6 is 0 Å². The minimum atomic E-state index is -0.709. The van der Waals surface area contributed by atoms with Gasteiger partial charge >= 0.3 is 0 Å². The number of phenols is 1. The fraction of sp³-hybridized carbons (Fsp3) is 0.0833. The number of carbonyl (C=O) groups excluding carboxylic acids is 2. The number of aldehydes is 1. The Bertz CT molecular complexity index is 1340. The summed E-state index contributed by atoms with van der Waals surface area (Å²) in [6.45, 7) is 1.67. The molecule has 1 aromatic heterocycles. The number of fused-ring (bicyclic) bond motifs is 1. The number of hydrogen-bond acceptors (Lipinski definition) is 4. The van der Waals surface area contributed by atoms with Gasteiger partial charge in [-0.3, -0.25) is 9.59 Å². The maximum atomic E-state index is 15.8. The van der Waals surface area contributed by atoms with Crippen molar-refractivity contribution in [3.8, 4) is 28.2 Å². The molecule has 4 rings (SSSR count). The van der Waals surface area contributed by atoms with Gasteiger partial charge in [-0.25, -0.2) is 8.78 Å². The Hall–Kier alpha value is -4.00. The van der Waals surface area contributed by atoms with Crippen molar-refractivity contribution in [3.63, 3.8) is 0 Å². The van der Waals surface area contributed by atoms with Gasteiger partial charge in [0.15, 0.2) is 6.29 Å². The second-order valence-electron chi connectivity index (χ2n) is 7.04. The first-order valence-electron chi connectivity index (χ1n) is 9.38. The van der Waals surface area contributed by atoms with E-state index in [1.54, 1.807) is 6.92 Å². The van der Waals surface area contributed by atoms with Gasteiger partial charge < -0.3 is 14.8 Å². The molecule has 0 radical (unpaired) electrons. The van der Waals surface area contributed by atoms with Gasteiger partial charge in [0.05, 0.1) is 16.5 Å². The predicted octanol–water partition coefficient (Wildman–Crippen LogP) is 5.23. The summed E-state index contributed by atoms with van der Waals surface area (Å²) in [6.07, 6.45) is 0.481. The lowest BCUT2D eigenvalue weighted by Crippen LogP contribution is -2.18. The van der Waals surface area contributed by atoms with E-state index >= 15 is 4.39 Å². The average molecular weight is 421 g/mol. The van der Waals surface area contributed by atoms with E-state index in [-0.39, 0.29) is 39.2 Å². The molecule has 0 saturated heterocycles. The van der Waals surface area contributed by atoms with E-state index < -0.39 is 17.5 Å². The molecule has 0 aliphatic carbocycles. The molecule has 1 heterocycles. The van der Waals surface area contributed by atoms with Crippen LogP contribution in [-0.4, -0.2) is 24.3 Å². The van der Waals surface area contributed by atoms with Crippen LogP contribution in [0.4, 0.5) is 8.78 Å². The number of amides is 1. The first kappa shape index (κ1) is 20.3. The van der Waals surface area contributed by atoms with Crippen molar-refractivity contribution < 1.29 is 27.9 Å². The number of halogens is 2. The molecule has 0 spiro atoms. The number of carbonyl (C=O) groups is 2. The van der Waals surface area contributed by atoms with E-state index in [2.05, 4.69) is 5.32 Å². The normalized spacial score (nSPS) is 11.0. The smallest absolute Gasteiger partial charge is 0.255 e. The summed E-state index contributed by atoms with van der Waals surface area (Å²) >= 11 is 0. The summed E-state index contributed by atoms with van der Waals surface area (Å²) in [7, 11) is 1.41. The van der Waals surface area contributed by atoms with Gasteiger partial charge in [0.2, 0.25) is 0 Å². The largest absolute Gasteiger partial charge is 0.507 e. The van der Waals surface area contributed by atoms with Crippen LogP contribution in [0.5, 0.6) is 5.75 Å². The van der Waals surface area contributed by atoms with Crippen LogP contribution in [0.15, 0.2) is 52.9 Å². The summed E-state index contributed by atoms with van der Waals surface area (Å²) in [5, 5.41) is 12.3. The van der Waals surface area contributed by atoms with E-state index in [4.69, 9.17) is 4.42 Å². The SMILES string of the molecule is CNC(=O)c1c(-c2ccc(F)cc2)oc2ccc(-c3cc(C=O)c(O)cc3C)c(F)c12. The van der Waals surface area contributed by atoms with Crippen LogP contribution in [-0.2, 0) is 0 Å². The Kier molecular flexibility index (Phi) is 5.02. The minimum Gasteiger partial charge on any atom is -0.507 e. The fourth-order valence-corrected chi connectivity index (χ4v) is 3.60. The van der Waals surface area contributed by atoms with Crippen molar-refractivity contribution in [1.29, 1.82) is 0 Å². The quantitative estimate of drug-likeness (QED) is 0.442. The first-order chi connectivity index (χ1) is 14.8. The highest BCUT2D eigenvalue weighted by molar-refractivity contribution is 6.12. The molecular weight excluding hydrogens is 404 g/mol. The second-order valence-corrected chi connectivity index (χ2v) is 7.04. The zero-order valence-electron chi connectivity index (χ0n) is 16.6. The maximum absolute atomic E-state index is 15.8. The monoisotopic (exact) mass is 421 g/mol. The molecule has 31 heavy (non-hydrogen) atoms. The lowest BCUT2D eigenvalue weighted by atomic mass is 9.95. The van der Waals surface area contributed by atoms with Crippen LogP contribution in [0.2, 0.25) is 0 Å². The van der Waals surface area contributed by atoms with Crippen LogP contribution < -0.4 is 5.32 Å². The zero-order valence-corrected chi connectivity index (χ0v) is 16.6. The molecule has 0 bridgehead atoms. The molecule has 0 saturated carbocycles. The Labute approximate surface area is 175 Å². The Morgan fingerprint density at radius 3 is 2.42 bits per heavy atom. The number of nitrogens with one attached hydrogen (secondary N) is 1. The number of furan rings is 1. The van der Waals surface area contributed by atoms with Crippen LogP contribution in [0.1, 0.15) is 26.3 Å². The van der Waals surface area contributed by atoms with E-state index in [1.807, 2.05) is 0 Å². The molecule has 5 nitrogen and oxygen atoms in total. The third-order valence-corrected chi connectivity index (χ3v) is 5.14. The lowest BCUT2D eigenvalue weighted by molar-refractivity contribution is 0.0964. The Morgan fingerprint density at radius 2 is 1.77 bits per heavy atom. The highest BCUT2D eigenvalue weighted by Crippen LogP contribution is 2.40. The van der Waals surface area contributed by atoms with E-state index in [1.165, 1.54) is 55.6 Å². The highest BCUT2D eigenvalue weighted by atomic mass is 19.1. The molecular formula is C24H17F2NO4. The molecule has 0 atom stereocenters. The van der Waals surface area contributed by atoms with E-state index in [9.17, 15) is 19.1 Å². The summed E-state index contributed by atoms with van der Waals surface area (Å²) in [6, 6.07) is 11.1. The number of aromatic hydroxyl groups is 1. The summed E-state index contributed by atoms with van der Waals surface area (Å²) in [5.41, 5.74) is 1.65. The molecule has 1 amide bonds. The number of aryl methyl sites for hydroxylation is 1. The Balaban J connectivity index is 2.03. The van der Waals surface area contributed by atoms with Crippen LogP contribution in [0.3, 0.4) is 0 Å². The van der Waals surface area contributed by atoms with E-state index in [0.29, 0.717) is 23.0 Å². The summed E-state index contributed by atoms with van der Waals surface area (Å²) in [4.78, 5) is 23.9. The Morgan fingerprint density at radius 1 is 1.06 bits per heavy atom. The average Bonchev–Trinajstić information content (AvgIpc) is 3.15. The summed E-state index contributed by atoms with van der Waals surface area (Å²) < 4.78 is 34.9. The van der Waals surface area contributed by atoms with Crippen molar-refractivity contribution in [2.24, 2.45) is 0 Å². The maximum Gasteiger partial charge on any atom is 0.255 e. The molecule has 4 aromatic rings. The molecule has 0 aliphatic rings. The third kappa shape index (κ3) is 3.34. The van der Waals surface area contributed by atoms with Gasteiger partial charge in [-0.1, -0.05) is 0 Å². The van der Waals surface area contributed by atoms with Crippen molar-refractivity contribution in [2.45, 2.75) is 6.92 Å². The summed E-state index contributed by atoms with van der Waals surface area (Å²) in [5.74, 6) is -1.82. The minimum absolute atomic E-state index is 0.0181. The van der Waals surface area contributed by atoms with Crippen LogP contribution in [0.25, 0.3) is 33.4 Å². The molecule has 0 fully saturated rings. The molecule has 156 valence electrons. The van der Waals surface area contributed by atoms with Gasteiger partial charge in [-0.15, -0.1) is 0 Å². The molecule has 3 aromatic carbocycles. The van der Waals surface area contributed by atoms with Gasteiger partial charge in [0, 0.05) is 18.2 Å². The van der Waals surface area contributed by atoms with Crippen molar-refractivity contribution in [3.05, 3.63) is 76.9 Å². The van der Waals surface area contributed by atoms with Gasteiger partial charge in [-0.2, -0.15) is 0 Å². The molecule has 0 aliphatic heterocycles. The number of hydrogen-bond donors (Lipinski definition) is 2. The second kappa shape index (κ2) is 7.68. The van der Waals surface area contributed by atoms with Crippen LogP contribution in [0, 0.1) is 18.6 Å². The first-order valence-corrected chi connectivity index (χ1v) is 9.38. The third-order valence-electron chi connectivity index (χ3n) is 5.14. The van der Waals surface area contributed by atoms with E-state index in [0.717, 1.165) is 0 Å². The van der Waals surface area contributed by atoms with Crippen molar-refractivity contribution in [1.82, 2.24) is 5.32 Å². The van der Waals surface area contributed by atoms with Gasteiger partial charge in [0.25, 0.3) is 5.91 Å². The predicted molar refractivity (Wildman–Crippen MR) is 112 cm³/mol. The van der Waals surface area contributed by atoms with Gasteiger partial charge in [0.1, 0.15) is 28.7 Å². The van der Waals surface area contributed by atoms with Crippen molar-refractivity contribution in [2.75, 3.05) is 7.05 Å². The molecule has 2 N–H and O–H groups in total. The molecule has 7 heteroatoms. The number of rotatable bonds is 4. The fourth-order valence-electron chi connectivity index (χ4n) is 3.60. The lowest BCUT2D eigenvalue weighted by Gasteiger charge is -2.10. The zero-order chi connectivity index (χ0) is 22.3. The van der Waals surface area contributed by atoms with Crippen molar-refractivity contribution >= 4 is 23.2 Å².